The van der Waals surface area contributed by atoms with Gasteiger partial charge in [-0.1, -0.05) is 12.1 Å². The fraction of sp³-hybridized carbons (Fsp3) is 0.500. The second kappa shape index (κ2) is 6.99. The Morgan fingerprint density at radius 1 is 1.40 bits per heavy atom. The highest BCUT2D eigenvalue weighted by molar-refractivity contribution is 6.17. The van der Waals surface area contributed by atoms with Crippen LogP contribution in [0.3, 0.4) is 0 Å². The van der Waals surface area contributed by atoms with Gasteiger partial charge >= 0.3 is 0 Å². The Bertz CT molecular complexity index is 572. The molecule has 6 heteroatoms. The van der Waals surface area contributed by atoms with Crippen LogP contribution in [0.4, 0.5) is 8.78 Å². The number of aromatic nitrogens is 2. The third-order valence-corrected chi connectivity index (χ3v) is 3.26. The standard InChI is InChI=1S/C14H17ClF2N2O/c1-10-3-2-4-11-14(10)19(13(18-11)5-6-15)7-8-20-9-12(16)17/h2-4,12H,5-9H2,1H3. The molecule has 0 atom stereocenters. The summed E-state index contributed by atoms with van der Waals surface area (Å²) in [6.45, 7) is 2.21. The number of alkyl halides is 3. The van der Waals surface area contributed by atoms with Crippen molar-refractivity contribution in [2.45, 2.75) is 26.3 Å². The van der Waals surface area contributed by atoms with Gasteiger partial charge in [0, 0.05) is 18.8 Å². The minimum absolute atomic E-state index is 0.236. The first-order valence-corrected chi connectivity index (χ1v) is 7.03. The highest BCUT2D eigenvalue weighted by atomic mass is 35.5. The van der Waals surface area contributed by atoms with Gasteiger partial charge in [0.1, 0.15) is 12.4 Å². The number of benzene rings is 1. The molecule has 0 saturated carbocycles. The average molecular weight is 303 g/mol. The van der Waals surface area contributed by atoms with Gasteiger partial charge in [0.2, 0.25) is 0 Å². The Morgan fingerprint density at radius 3 is 2.90 bits per heavy atom. The highest BCUT2D eigenvalue weighted by Crippen LogP contribution is 2.20. The summed E-state index contributed by atoms with van der Waals surface area (Å²) in [5.74, 6) is 1.34. The first-order chi connectivity index (χ1) is 9.63. The van der Waals surface area contributed by atoms with E-state index in [1.165, 1.54) is 0 Å². The Morgan fingerprint density at radius 2 is 2.20 bits per heavy atom. The van der Waals surface area contributed by atoms with Crippen molar-refractivity contribution in [2.75, 3.05) is 19.1 Å². The van der Waals surface area contributed by atoms with Gasteiger partial charge in [-0.25, -0.2) is 13.8 Å². The number of hydrogen-bond donors (Lipinski definition) is 0. The molecule has 2 rings (SSSR count). The van der Waals surface area contributed by atoms with Crippen LogP contribution < -0.4 is 0 Å². The second-order valence-electron chi connectivity index (χ2n) is 4.53. The number of fused-ring (bicyclic) bond motifs is 1. The molecular weight excluding hydrogens is 286 g/mol. The summed E-state index contributed by atoms with van der Waals surface area (Å²) in [6, 6.07) is 5.90. The maximum absolute atomic E-state index is 12.1. The predicted molar refractivity (Wildman–Crippen MR) is 75.7 cm³/mol. The van der Waals surface area contributed by atoms with Crippen molar-refractivity contribution in [3.8, 4) is 0 Å². The van der Waals surface area contributed by atoms with Gasteiger partial charge in [-0.05, 0) is 18.6 Å². The van der Waals surface area contributed by atoms with E-state index in [2.05, 4.69) is 4.98 Å². The lowest BCUT2D eigenvalue weighted by Crippen LogP contribution is -2.13. The van der Waals surface area contributed by atoms with E-state index in [1.54, 1.807) is 0 Å². The summed E-state index contributed by atoms with van der Waals surface area (Å²) in [6.07, 6.45) is -1.79. The van der Waals surface area contributed by atoms with Crippen LogP contribution in [0, 0.1) is 6.92 Å². The van der Waals surface area contributed by atoms with E-state index >= 15 is 0 Å². The molecule has 0 aliphatic carbocycles. The summed E-state index contributed by atoms with van der Waals surface area (Å²) in [7, 11) is 0. The number of ether oxygens (including phenoxy) is 1. The summed E-state index contributed by atoms with van der Waals surface area (Å²) < 4.78 is 31.1. The van der Waals surface area contributed by atoms with Crippen molar-refractivity contribution in [3.63, 3.8) is 0 Å². The number of nitrogens with zero attached hydrogens (tertiary/aromatic N) is 2. The molecule has 0 aliphatic heterocycles. The summed E-state index contributed by atoms with van der Waals surface area (Å²) in [5.41, 5.74) is 3.02. The number of imidazole rings is 1. The van der Waals surface area contributed by atoms with E-state index in [1.807, 2.05) is 29.7 Å². The lowest BCUT2D eigenvalue weighted by molar-refractivity contribution is 0.0148. The van der Waals surface area contributed by atoms with E-state index in [0.29, 0.717) is 18.8 Å². The monoisotopic (exact) mass is 302 g/mol. The normalized spacial score (nSPS) is 11.7. The van der Waals surface area contributed by atoms with Crippen LogP contribution in [0.15, 0.2) is 18.2 Å². The van der Waals surface area contributed by atoms with E-state index in [9.17, 15) is 8.78 Å². The first kappa shape index (κ1) is 15.2. The minimum Gasteiger partial charge on any atom is -0.374 e. The Kier molecular flexibility index (Phi) is 5.31. The zero-order chi connectivity index (χ0) is 14.5. The molecule has 0 aliphatic rings. The molecule has 3 nitrogen and oxygen atoms in total. The number of halogens is 3. The van der Waals surface area contributed by atoms with Crippen molar-refractivity contribution in [3.05, 3.63) is 29.6 Å². The summed E-state index contributed by atoms with van der Waals surface area (Å²) in [4.78, 5) is 4.55. The van der Waals surface area contributed by atoms with Gasteiger partial charge in [0.15, 0.2) is 0 Å². The van der Waals surface area contributed by atoms with Crippen molar-refractivity contribution < 1.29 is 13.5 Å². The summed E-state index contributed by atoms with van der Waals surface area (Å²) in [5, 5.41) is 0. The molecular formula is C14H17ClF2N2O. The average Bonchev–Trinajstić information content (AvgIpc) is 2.74. The van der Waals surface area contributed by atoms with Gasteiger partial charge < -0.3 is 9.30 Å². The maximum atomic E-state index is 12.1. The molecule has 0 N–H and O–H groups in total. The lowest BCUT2D eigenvalue weighted by Gasteiger charge is -2.10. The highest BCUT2D eigenvalue weighted by Gasteiger charge is 2.12. The summed E-state index contributed by atoms with van der Waals surface area (Å²) >= 11 is 5.79. The van der Waals surface area contributed by atoms with Crippen LogP contribution in [0.25, 0.3) is 11.0 Å². The number of rotatable bonds is 7. The fourth-order valence-electron chi connectivity index (χ4n) is 2.26. The molecule has 0 amide bonds. The zero-order valence-corrected chi connectivity index (χ0v) is 12.0. The molecule has 0 saturated heterocycles. The molecule has 1 heterocycles. The van der Waals surface area contributed by atoms with Gasteiger partial charge in [-0.2, -0.15) is 0 Å². The Balaban J connectivity index is 2.21. The predicted octanol–water partition coefficient (Wildman–Crippen LogP) is 3.41. The molecule has 110 valence electrons. The van der Waals surface area contributed by atoms with Gasteiger partial charge in [0.25, 0.3) is 6.43 Å². The van der Waals surface area contributed by atoms with Crippen LogP contribution >= 0.6 is 11.6 Å². The van der Waals surface area contributed by atoms with Crippen LogP contribution in [0.5, 0.6) is 0 Å². The van der Waals surface area contributed by atoms with Crippen LogP contribution in [0.1, 0.15) is 11.4 Å². The molecule has 0 unspecified atom stereocenters. The molecule has 2 aromatic rings. The molecule has 20 heavy (non-hydrogen) atoms. The molecule has 0 bridgehead atoms. The fourth-order valence-corrected chi connectivity index (χ4v) is 2.43. The largest absolute Gasteiger partial charge is 0.374 e. The third kappa shape index (κ3) is 3.46. The zero-order valence-electron chi connectivity index (χ0n) is 11.3. The number of para-hydroxylation sites is 1. The van der Waals surface area contributed by atoms with Crippen molar-refractivity contribution >= 4 is 22.6 Å². The molecule has 0 fully saturated rings. The van der Waals surface area contributed by atoms with E-state index in [4.69, 9.17) is 16.3 Å². The van der Waals surface area contributed by atoms with Crippen molar-refractivity contribution in [1.29, 1.82) is 0 Å². The Labute approximate surface area is 121 Å². The molecule has 1 aromatic carbocycles. The molecule has 0 radical (unpaired) electrons. The Hall–Kier alpha value is -1.20. The van der Waals surface area contributed by atoms with Gasteiger partial charge in [-0.3, -0.25) is 0 Å². The first-order valence-electron chi connectivity index (χ1n) is 6.50. The van der Waals surface area contributed by atoms with Crippen molar-refractivity contribution in [2.24, 2.45) is 0 Å². The van der Waals surface area contributed by atoms with Crippen LogP contribution in [0.2, 0.25) is 0 Å². The van der Waals surface area contributed by atoms with E-state index in [0.717, 1.165) is 22.4 Å². The molecule has 0 spiro atoms. The second-order valence-corrected chi connectivity index (χ2v) is 4.91. The molecule has 1 aromatic heterocycles. The maximum Gasteiger partial charge on any atom is 0.261 e. The number of hydrogen-bond acceptors (Lipinski definition) is 2. The van der Waals surface area contributed by atoms with Gasteiger partial charge in [-0.15, -0.1) is 11.6 Å². The van der Waals surface area contributed by atoms with E-state index < -0.39 is 13.0 Å². The smallest absolute Gasteiger partial charge is 0.261 e. The van der Waals surface area contributed by atoms with Crippen molar-refractivity contribution in [1.82, 2.24) is 9.55 Å². The lowest BCUT2D eigenvalue weighted by atomic mass is 10.2. The van der Waals surface area contributed by atoms with E-state index in [-0.39, 0.29) is 6.61 Å². The topological polar surface area (TPSA) is 27.1 Å². The third-order valence-electron chi connectivity index (χ3n) is 3.07. The SMILES string of the molecule is Cc1cccc2nc(CCCl)n(CCOCC(F)F)c12. The quantitative estimate of drug-likeness (QED) is 0.579. The minimum atomic E-state index is -2.43. The van der Waals surface area contributed by atoms with Crippen LogP contribution in [-0.4, -0.2) is 35.1 Å². The van der Waals surface area contributed by atoms with Crippen LogP contribution in [-0.2, 0) is 17.7 Å². The van der Waals surface area contributed by atoms with Gasteiger partial charge in [0.05, 0.1) is 17.6 Å². The number of aryl methyl sites for hydroxylation is 2.